The molecule has 0 saturated heterocycles. The first-order valence-corrected chi connectivity index (χ1v) is 8.96. The van der Waals surface area contributed by atoms with Crippen LogP contribution in [0, 0.1) is 6.92 Å². The Kier molecular flexibility index (Phi) is 5.10. The Balaban J connectivity index is 2.29. The maximum absolute atomic E-state index is 12.3. The Hall–Kier alpha value is -2.19. The monoisotopic (exact) mass is 350 g/mol. The largest absolute Gasteiger partial charge is 0.321 e. The van der Waals surface area contributed by atoms with Crippen molar-refractivity contribution in [1.29, 1.82) is 0 Å². The number of benzene rings is 1. The molecule has 2 N–H and O–H groups in total. The quantitative estimate of drug-likeness (QED) is 0.865. The molecule has 0 radical (unpaired) electrons. The molecule has 0 saturated carbocycles. The van der Waals surface area contributed by atoms with Crippen LogP contribution in [0.5, 0.6) is 0 Å². The summed E-state index contributed by atoms with van der Waals surface area (Å²) >= 11 is 0. The van der Waals surface area contributed by atoms with Gasteiger partial charge in [0.05, 0.1) is 4.90 Å². The molecule has 1 heterocycles. The van der Waals surface area contributed by atoms with Gasteiger partial charge >= 0.3 is 0 Å². The number of aromatic amines is 1. The second-order valence-corrected chi connectivity index (χ2v) is 8.21. The summed E-state index contributed by atoms with van der Waals surface area (Å²) in [7, 11) is -0.639. The fourth-order valence-electron chi connectivity index (χ4n) is 2.10. The van der Waals surface area contributed by atoms with Crippen LogP contribution in [0.15, 0.2) is 29.2 Å². The first kappa shape index (κ1) is 18.2. The molecular formula is C16H22N4O3S. The molecule has 0 atom stereocenters. The van der Waals surface area contributed by atoms with Crippen molar-refractivity contribution in [3.05, 3.63) is 41.2 Å². The van der Waals surface area contributed by atoms with E-state index in [-0.39, 0.29) is 16.5 Å². The molecule has 0 fully saturated rings. The second kappa shape index (κ2) is 6.74. The van der Waals surface area contributed by atoms with Crippen LogP contribution in [0.25, 0.3) is 0 Å². The summed E-state index contributed by atoms with van der Waals surface area (Å²) in [5, 5.41) is 9.49. The Morgan fingerprint density at radius 2 is 1.92 bits per heavy atom. The van der Waals surface area contributed by atoms with Crippen LogP contribution < -0.4 is 5.32 Å². The molecule has 0 aliphatic rings. The van der Waals surface area contributed by atoms with Crippen molar-refractivity contribution in [3.8, 4) is 0 Å². The Morgan fingerprint density at radius 3 is 2.46 bits per heavy atom. The highest BCUT2D eigenvalue weighted by atomic mass is 32.2. The number of rotatable bonds is 5. The lowest BCUT2D eigenvalue weighted by Crippen LogP contribution is -2.23. The van der Waals surface area contributed by atoms with E-state index in [1.54, 1.807) is 25.1 Å². The summed E-state index contributed by atoms with van der Waals surface area (Å²) in [5.41, 5.74) is 2.14. The Labute approximate surface area is 142 Å². The number of nitrogens with zero attached hydrogens (tertiary/aromatic N) is 2. The van der Waals surface area contributed by atoms with Crippen LogP contribution in [-0.4, -0.2) is 42.9 Å². The molecule has 0 aliphatic carbocycles. The molecule has 0 unspecified atom stereocenters. The van der Waals surface area contributed by atoms with Gasteiger partial charge in [0.15, 0.2) is 5.69 Å². The van der Waals surface area contributed by atoms with E-state index in [0.717, 1.165) is 10.00 Å². The second-order valence-electron chi connectivity index (χ2n) is 6.09. The van der Waals surface area contributed by atoms with Gasteiger partial charge in [-0.1, -0.05) is 19.9 Å². The lowest BCUT2D eigenvalue weighted by atomic mass is 10.1. The average Bonchev–Trinajstić information content (AvgIpc) is 2.99. The van der Waals surface area contributed by atoms with Crippen molar-refractivity contribution in [3.63, 3.8) is 0 Å². The number of hydrogen-bond donors (Lipinski definition) is 2. The van der Waals surface area contributed by atoms with E-state index in [2.05, 4.69) is 15.5 Å². The zero-order chi connectivity index (χ0) is 18.1. The van der Waals surface area contributed by atoms with Crippen molar-refractivity contribution in [2.75, 3.05) is 19.4 Å². The minimum atomic E-state index is -3.58. The van der Waals surface area contributed by atoms with E-state index in [0.29, 0.717) is 11.3 Å². The van der Waals surface area contributed by atoms with Crippen molar-refractivity contribution >= 4 is 21.6 Å². The fourth-order valence-corrected chi connectivity index (χ4v) is 3.24. The lowest BCUT2D eigenvalue weighted by Gasteiger charge is -2.15. The highest BCUT2D eigenvalue weighted by molar-refractivity contribution is 7.89. The molecule has 2 rings (SSSR count). The van der Waals surface area contributed by atoms with Crippen molar-refractivity contribution < 1.29 is 13.2 Å². The summed E-state index contributed by atoms with van der Waals surface area (Å²) in [6.07, 6.45) is 0. The van der Waals surface area contributed by atoms with Gasteiger partial charge in [0.25, 0.3) is 5.91 Å². The van der Waals surface area contributed by atoms with Crippen LogP contribution in [0.4, 0.5) is 5.69 Å². The van der Waals surface area contributed by atoms with Crippen LogP contribution in [0.3, 0.4) is 0 Å². The minimum Gasteiger partial charge on any atom is -0.321 e. The first-order chi connectivity index (χ1) is 11.1. The summed E-state index contributed by atoms with van der Waals surface area (Å²) < 4.78 is 25.8. The summed E-state index contributed by atoms with van der Waals surface area (Å²) in [4.78, 5) is 12.4. The number of amides is 1. The first-order valence-electron chi connectivity index (χ1n) is 7.52. The SMILES string of the molecule is Cc1ccc(NC(=O)c2cc(C(C)C)[nH]n2)cc1S(=O)(=O)N(C)C. The third-order valence-electron chi connectivity index (χ3n) is 3.66. The number of carbonyl (C=O) groups is 1. The topological polar surface area (TPSA) is 95.2 Å². The molecule has 0 spiro atoms. The number of aromatic nitrogens is 2. The van der Waals surface area contributed by atoms with Gasteiger partial charge in [-0.15, -0.1) is 0 Å². The Bertz CT molecular complexity index is 854. The molecule has 24 heavy (non-hydrogen) atoms. The van der Waals surface area contributed by atoms with E-state index in [1.807, 2.05) is 13.8 Å². The molecular weight excluding hydrogens is 328 g/mol. The molecule has 1 amide bonds. The van der Waals surface area contributed by atoms with E-state index < -0.39 is 15.9 Å². The predicted molar refractivity (Wildman–Crippen MR) is 92.7 cm³/mol. The van der Waals surface area contributed by atoms with Gasteiger partial charge in [-0.3, -0.25) is 9.89 Å². The van der Waals surface area contributed by atoms with Gasteiger partial charge in [-0.25, -0.2) is 12.7 Å². The molecule has 0 aliphatic heterocycles. The van der Waals surface area contributed by atoms with Gasteiger partial charge < -0.3 is 5.32 Å². The third kappa shape index (κ3) is 3.65. The van der Waals surface area contributed by atoms with Crippen molar-refractivity contribution in [2.45, 2.75) is 31.6 Å². The highest BCUT2D eigenvalue weighted by Crippen LogP contribution is 2.23. The minimum absolute atomic E-state index is 0.162. The number of hydrogen-bond acceptors (Lipinski definition) is 4. The standard InChI is InChI=1S/C16H22N4O3S/c1-10(2)13-9-14(19-18-13)16(21)17-12-7-6-11(3)15(8-12)24(22,23)20(4)5/h6-10H,1-5H3,(H,17,21)(H,18,19). The van der Waals surface area contributed by atoms with Gasteiger partial charge in [0.2, 0.25) is 10.0 Å². The number of sulfonamides is 1. The maximum atomic E-state index is 12.3. The zero-order valence-corrected chi connectivity index (χ0v) is 15.2. The molecule has 8 heteroatoms. The van der Waals surface area contributed by atoms with Crippen LogP contribution >= 0.6 is 0 Å². The predicted octanol–water partition coefficient (Wildman–Crippen LogP) is 2.34. The summed E-state index contributed by atoms with van der Waals surface area (Å²) in [6.45, 7) is 5.70. The van der Waals surface area contributed by atoms with Crippen LogP contribution in [0.2, 0.25) is 0 Å². The number of aryl methyl sites for hydroxylation is 1. The van der Waals surface area contributed by atoms with Gasteiger partial charge in [-0.2, -0.15) is 5.10 Å². The van der Waals surface area contributed by atoms with E-state index >= 15 is 0 Å². The van der Waals surface area contributed by atoms with Crippen molar-refractivity contribution in [1.82, 2.24) is 14.5 Å². The lowest BCUT2D eigenvalue weighted by molar-refractivity contribution is 0.102. The van der Waals surface area contributed by atoms with Gasteiger partial charge in [-0.05, 0) is 36.6 Å². The zero-order valence-electron chi connectivity index (χ0n) is 14.4. The molecule has 2 aromatic rings. The number of carbonyl (C=O) groups excluding carboxylic acids is 1. The van der Waals surface area contributed by atoms with Gasteiger partial charge in [0.1, 0.15) is 0 Å². The van der Waals surface area contributed by atoms with Crippen LogP contribution in [0.1, 0.15) is 41.5 Å². The normalized spacial score (nSPS) is 12.0. The van der Waals surface area contributed by atoms with Gasteiger partial charge in [0, 0.05) is 25.5 Å². The smallest absolute Gasteiger partial charge is 0.276 e. The van der Waals surface area contributed by atoms with E-state index in [1.165, 1.54) is 20.2 Å². The summed E-state index contributed by atoms with van der Waals surface area (Å²) in [6, 6.07) is 6.47. The van der Waals surface area contributed by atoms with Crippen LogP contribution in [-0.2, 0) is 10.0 Å². The average molecular weight is 350 g/mol. The fraction of sp³-hybridized carbons (Fsp3) is 0.375. The van der Waals surface area contributed by atoms with E-state index in [9.17, 15) is 13.2 Å². The number of anilines is 1. The number of nitrogens with one attached hydrogen (secondary N) is 2. The van der Waals surface area contributed by atoms with E-state index in [4.69, 9.17) is 0 Å². The molecule has 1 aromatic heterocycles. The molecule has 7 nitrogen and oxygen atoms in total. The maximum Gasteiger partial charge on any atom is 0.276 e. The molecule has 1 aromatic carbocycles. The summed E-state index contributed by atoms with van der Waals surface area (Å²) in [5.74, 6) is -0.162. The third-order valence-corrected chi connectivity index (χ3v) is 5.61. The highest BCUT2D eigenvalue weighted by Gasteiger charge is 2.21. The van der Waals surface area contributed by atoms with Crippen molar-refractivity contribution in [2.24, 2.45) is 0 Å². The molecule has 0 bridgehead atoms. The molecule has 130 valence electrons. The number of H-pyrrole nitrogens is 1. The Morgan fingerprint density at radius 1 is 1.25 bits per heavy atom.